The number of carbonyl (C=O) groups excluding carboxylic acids is 1. The largest absolute Gasteiger partial charge is 0.495 e. The van der Waals surface area contributed by atoms with Gasteiger partial charge in [-0.15, -0.1) is 0 Å². The lowest BCUT2D eigenvalue weighted by Gasteiger charge is -2.31. The molecule has 4 nitrogen and oxygen atoms in total. The van der Waals surface area contributed by atoms with Crippen LogP contribution < -0.4 is 15.4 Å². The van der Waals surface area contributed by atoms with Gasteiger partial charge in [-0.3, -0.25) is 4.79 Å². The van der Waals surface area contributed by atoms with Crippen LogP contribution in [-0.4, -0.2) is 26.1 Å². The molecule has 20 heavy (non-hydrogen) atoms. The molecule has 0 saturated carbocycles. The highest BCUT2D eigenvalue weighted by Gasteiger charge is 2.25. The van der Waals surface area contributed by atoms with E-state index in [1.165, 1.54) is 5.56 Å². The van der Waals surface area contributed by atoms with E-state index in [0.29, 0.717) is 13.0 Å². The summed E-state index contributed by atoms with van der Waals surface area (Å²) in [6.07, 6.45) is 5.56. The summed E-state index contributed by atoms with van der Waals surface area (Å²) in [4.78, 5) is 14.3. The quantitative estimate of drug-likeness (QED) is 0.812. The molecular weight excluding hydrogens is 252 g/mol. The molecule has 110 valence electrons. The maximum Gasteiger partial charge on any atom is 0.227 e. The van der Waals surface area contributed by atoms with Crippen LogP contribution in [0.15, 0.2) is 18.2 Å². The molecule has 1 aromatic rings. The second-order valence-electron chi connectivity index (χ2n) is 5.22. The van der Waals surface area contributed by atoms with Crippen LogP contribution >= 0.6 is 0 Å². The number of nitrogens with two attached hydrogens (primary N) is 1. The Morgan fingerprint density at radius 2 is 2.20 bits per heavy atom. The van der Waals surface area contributed by atoms with E-state index < -0.39 is 0 Å². The number of rotatable bonds is 6. The molecule has 0 bridgehead atoms. The Kier molecular flexibility index (Phi) is 5.41. The third kappa shape index (κ3) is 3.31. The number of hydrogen-bond donors (Lipinski definition) is 1. The minimum Gasteiger partial charge on any atom is -0.495 e. The lowest BCUT2D eigenvalue weighted by Crippen LogP contribution is -2.35. The minimum atomic E-state index is 0.201. The molecular formula is C16H24N2O2. The summed E-state index contributed by atoms with van der Waals surface area (Å²) in [6.45, 7) is 1.50. The smallest absolute Gasteiger partial charge is 0.227 e. The van der Waals surface area contributed by atoms with Crippen LogP contribution in [0.5, 0.6) is 5.75 Å². The van der Waals surface area contributed by atoms with Gasteiger partial charge in [-0.05, 0) is 43.9 Å². The third-order valence-electron chi connectivity index (χ3n) is 3.80. The van der Waals surface area contributed by atoms with Crippen molar-refractivity contribution >= 4 is 11.6 Å². The summed E-state index contributed by atoms with van der Waals surface area (Å²) in [5.41, 5.74) is 7.67. The van der Waals surface area contributed by atoms with Crippen molar-refractivity contribution in [2.24, 2.45) is 5.73 Å². The maximum absolute atomic E-state index is 12.4. The maximum atomic E-state index is 12.4. The molecule has 0 radical (unpaired) electrons. The Hall–Kier alpha value is -1.55. The molecule has 4 heteroatoms. The molecule has 2 rings (SSSR count). The number of fused-ring (bicyclic) bond motifs is 1. The molecule has 0 unspecified atom stereocenters. The van der Waals surface area contributed by atoms with E-state index in [4.69, 9.17) is 10.5 Å². The standard InChI is InChI=1S/C16H24N2O2/c1-20-14-9-5-7-13-8-6-12-18(16(13)14)15(19)10-3-2-4-11-17/h5,7,9H,2-4,6,8,10-12,17H2,1H3. The second-order valence-corrected chi connectivity index (χ2v) is 5.22. The van der Waals surface area contributed by atoms with Gasteiger partial charge in [0, 0.05) is 13.0 Å². The Labute approximate surface area is 120 Å². The summed E-state index contributed by atoms with van der Waals surface area (Å²) in [5, 5.41) is 0. The van der Waals surface area contributed by atoms with Gasteiger partial charge < -0.3 is 15.4 Å². The molecule has 1 amide bonds. The van der Waals surface area contributed by atoms with E-state index in [9.17, 15) is 4.79 Å². The zero-order valence-corrected chi connectivity index (χ0v) is 12.2. The van der Waals surface area contributed by atoms with Gasteiger partial charge in [-0.25, -0.2) is 0 Å². The first kappa shape index (κ1) is 14.9. The van der Waals surface area contributed by atoms with Crippen molar-refractivity contribution in [1.82, 2.24) is 0 Å². The predicted molar refractivity (Wildman–Crippen MR) is 81.2 cm³/mol. The Morgan fingerprint density at radius 1 is 1.35 bits per heavy atom. The molecule has 0 atom stereocenters. The van der Waals surface area contributed by atoms with Crippen LogP contribution in [0.1, 0.15) is 37.7 Å². The van der Waals surface area contributed by atoms with Crippen LogP contribution in [0.3, 0.4) is 0 Å². The lowest BCUT2D eigenvalue weighted by molar-refractivity contribution is -0.118. The highest BCUT2D eigenvalue weighted by Crippen LogP contribution is 2.36. The van der Waals surface area contributed by atoms with Crippen LogP contribution in [0, 0.1) is 0 Å². The van der Waals surface area contributed by atoms with Gasteiger partial charge in [-0.1, -0.05) is 18.6 Å². The first-order valence-electron chi connectivity index (χ1n) is 7.44. The highest BCUT2D eigenvalue weighted by atomic mass is 16.5. The van der Waals surface area contributed by atoms with E-state index >= 15 is 0 Å². The number of para-hydroxylation sites is 1. The average molecular weight is 276 g/mol. The van der Waals surface area contributed by atoms with Gasteiger partial charge in [-0.2, -0.15) is 0 Å². The van der Waals surface area contributed by atoms with E-state index in [1.807, 2.05) is 17.0 Å². The Bertz CT molecular complexity index is 446. The monoisotopic (exact) mass is 276 g/mol. The van der Waals surface area contributed by atoms with Crippen molar-refractivity contribution in [2.75, 3.05) is 25.1 Å². The van der Waals surface area contributed by atoms with E-state index in [0.717, 1.165) is 50.1 Å². The van der Waals surface area contributed by atoms with Gasteiger partial charge in [0.25, 0.3) is 0 Å². The fourth-order valence-electron chi connectivity index (χ4n) is 2.76. The average Bonchev–Trinajstić information content (AvgIpc) is 2.50. The van der Waals surface area contributed by atoms with Gasteiger partial charge in [0.05, 0.1) is 12.8 Å². The summed E-state index contributed by atoms with van der Waals surface area (Å²) >= 11 is 0. The minimum absolute atomic E-state index is 0.201. The number of anilines is 1. The van der Waals surface area contributed by atoms with Crippen LogP contribution in [-0.2, 0) is 11.2 Å². The summed E-state index contributed by atoms with van der Waals surface area (Å²) < 4.78 is 5.43. The van der Waals surface area contributed by atoms with E-state index in [2.05, 4.69) is 6.07 Å². The fraction of sp³-hybridized carbons (Fsp3) is 0.562. The number of unbranched alkanes of at least 4 members (excludes halogenated alkanes) is 2. The number of nitrogens with zero attached hydrogens (tertiary/aromatic N) is 1. The second kappa shape index (κ2) is 7.29. The van der Waals surface area contributed by atoms with Crippen LogP contribution in [0.2, 0.25) is 0 Å². The molecule has 1 aliphatic rings. The highest BCUT2D eigenvalue weighted by molar-refractivity contribution is 5.96. The van der Waals surface area contributed by atoms with Crippen molar-refractivity contribution in [3.63, 3.8) is 0 Å². The number of carbonyl (C=O) groups is 1. The number of benzene rings is 1. The fourth-order valence-corrected chi connectivity index (χ4v) is 2.76. The SMILES string of the molecule is COc1cccc2c1N(C(=O)CCCCCN)CCC2. The van der Waals surface area contributed by atoms with Crippen LogP contribution in [0.25, 0.3) is 0 Å². The number of aryl methyl sites for hydroxylation is 1. The summed E-state index contributed by atoms with van der Waals surface area (Å²) in [7, 11) is 1.66. The molecule has 1 aromatic carbocycles. The van der Waals surface area contributed by atoms with Crippen LogP contribution in [0.4, 0.5) is 5.69 Å². The van der Waals surface area contributed by atoms with Crippen molar-refractivity contribution in [2.45, 2.75) is 38.5 Å². The Balaban J connectivity index is 2.09. The van der Waals surface area contributed by atoms with Crippen molar-refractivity contribution in [1.29, 1.82) is 0 Å². The van der Waals surface area contributed by atoms with Gasteiger partial charge in [0.15, 0.2) is 0 Å². The van der Waals surface area contributed by atoms with Crippen molar-refractivity contribution in [3.8, 4) is 5.75 Å². The van der Waals surface area contributed by atoms with Crippen molar-refractivity contribution in [3.05, 3.63) is 23.8 Å². The molecule has 0 fully saturated rings. The number of hydrogen-bond acceptors (Lipinski definition) is 3. The first-order valence-corrected chi connectivity index (χ1v) is 7.44. The molecule has 1 heterocycles. The van der Waals surface area contributed by atoms with Gasteiger partial charge >= 0.3 is 0 Å². The topological polar surface area (TPSA) is 55.6 Å². The Morgan fingerprint density at radius 3 is 2.95 bits per heavy atom. The first-order chi connectivity index (χ1) is 9.77. The normalized spacial score (nSPS) is 14.0. The molecule has 0 aromatic heterocycles. The van der Waals surface area contributed by atoms with E-state index in [-0.39, 0.29) is 5.91 Å². The molecule has 0 spiro atoms. The number of amides is 1. The lowest BCUT2D eigenvalue weighted by atomic mass is 10.00. The molecule has 1 aliphatic heterocycles. The third-order valence-corrected chi connectivity index (χ3v) is 3.80. The molecule has 0 aliphatic carbocycles. The predicted octanol–water partition coefficient (Wildman–Crippen LogP) is 2.49. The molecule has 2 N–H and O–H groups in total. The summed E-state index contributed by atoms with van der Waals surface area (Å²) in [5.74, 6) is 1.00. The van der Waals surface area contributed by atoms with E-state index in [1.54, 1.807) is 7.11 Å². The zero-order valence-electron chi connectivity index (χ0n) is 12.2. The zero-order chi connectivity index (χ0) is 14.4. The van der Waals surface area contributed by atoms with Crippen molar-refractivity contribution < 1.29 is 9.53 Å². The number of methoxy groups -OCH3 is 1. The van der Waals surface area contributed by atoms with Gasteiger partial charge in [0.2, 0.25) is 5.91 Å². The molecule has 0 saturated heterocycles. The number of ether oxygens (including phenoxy) is 1. The van der Waals surface area contributed by atoms with Gasteiger partial charge in [0.1, 0.15) is 5.75 Å². The summed E-state index contributed by atoms with van der Waals surface area (Å²) in [6, 6.07) is 6.01.